The Morgan fingerprint density at radius 2 is 2.33 bits per heavy atom. The predicted octanol–water partition coefficient (Wildman–Crippen LogP) is 1.97. The number of urea groups is 1. The molecule has 0 bridgehead atoms. The van der Waals surface area contributed by atoms with E-state index in [2.05, 4.69) is 38.5 Å². The van der Waals surface area contributed by atoms with Crippen molar-refractivity contribution in [2.24, 2.45) is 22.6 Å². The van der Waals surface area contributed by atoms with Gasteiger partial charge in [-0.2, -0.15) is 0 Å². The fourth-order valence-corrected chi connectivity index (χ4v) is 4.14. The largest absolute Gasteiger partial charge is 0.338 e. The van der Waals surface area contributed by atoms with E-state index in [0.717, 1.165) is 37.1 Å². The number of anilines is 1. The molecular formula is C20H26N6O. The van der Waals surface area contributed by atoms with Gasteiger partial charge in [0.1, 0.15) is 5.69 Å². The first-order chi connectivity index (χ1) is 13.1. The first-order valence-corrected chi connectivity index (χ1v) is 9.76. The highest BCUT2D eigenvalue weighted by molar-refractivity contribution is 5.87. The number of dihydropyridines is 1. The molecule has 0 radical (unpaired) electrons. The van der Waals surface area contributed by atoms with Crippen molar-refractivity contribution in [2.45, 2.75) is 51.1 Å². The summed E-state index contributed by atoms with van der Waals surface area (Å²) in [6, 6.07) is 0.445. The molecule has 4 rings (SSSR count). The summed E-state index contributed by atoms with van der Waals surface area (Å²) in [5, 5.41) is 5.38. The first-order valence-electron chi connectivity index (χ1n) is 9.76. The lowest BCUT2D eigenvalue weighted by atomic mass is 9.87. The number of hydrogen-bond donors (Lipinski definition) is 4. The number of amides is 2. The maximum Gasteiger partial charge on any atom is 0.321 e. The number of aromatic nitrogens is 2. The second-order valence-electron chi connectivity index (χ2n) is 7.54. The number of carbonyl (C=O) groups is 1. The lowest BCUT2D eigenvalue weighted by Crippen LogP contribution is -2.28. The number of fused-ring (bicyclic) bond motifs is 1. The van der Waals surface area contributed by atoms with Crippen LogP contribution in [-0.2, 0) is 6.42 Å². The monoisotopic (exact) mass is 366 g/mol. The third kappa shape index (κ3) is 3.91. The van der Waals surface area contributed by atoms with Crippen LogP contribution in [0.3, 0.4) is 0 Å². The molecule has 2 aliphatic carbocycles. The molecule has 142 valence electrons. The highest BCUT2D eigenvalue weighted by atomic mass is 16.2. The number of aliphatic imine (C=N–C) groups is 1. The smallest absolute Gasteiger partial charge is 0.321 e. The Morgan fingerprint density at radius 1 is 1.44 bits per heavy atom. The van der Waals surface area contributed by atoms with Crippen molar-refractivity contribution in [3.05, 3.63) is 23.0 Å². The van der Waals surface area contributed by atoms with E-state index >= 15 is 0 Å². The van der Waals surface area contributed by atoms with Crippen LogP contribution in [0.2, 0.25) is 0 Å². The number of imidazole rings is 1. The first kappa shape index (κ1) is 17.8. The van der Waals surface area contributed by atoms with Gasteiger partial charge < -0.3 is 16.0 Å². The van der Waals surface area contributed by atoms with E-state index in [1.807, 2.05) is 13.1 Å². The Morgan fingerprint density at radius 3 is 3.04 bits per heavy atom. The number of aromatic amines is 1. The van der Waals surface area contributed by atoms with Crippen LogP contribution in [0.25, 0.3) is 0 Å². The van der Waals surface area contributed by atoms with Crippen molar-refractivity contribution in [3.8, 4) is 11.8 Å². The molecule has 7 heteroatoms. The second kappa shape index (κ2) is 7.57. The van der Waals surface area contributed by atoms with E-state index in [4.69, 9.17) is 10.7 Å². The number of carbonyl (C=O) groups excluding carboxylic acids is 1. The summed E-state index contributed by atoms with van der Waals surface area (Å²) in [6.45, 7) is 2.43. The van der Waals surface area contributed by atoms with Gasteiger partial charge in [-0.25, -0.2) is 9.78 Å². The molecule has 1 aliphatic heterocycles. The molecule has 2 heterocycles. The van der Waals surface area contributed by atoms with E-state index in [-0.39, 0.29) is 11.9 Å². The Kier molecular flexibility index (Phi) is 4.99. The number of hydrogen-bond acceptors (Lipinski definition) is 4. The maximum absolute atomic E-state index is 11.6. The summed E-state index contributed by atoms with van der Waals surface area (Å²) in [5.74, 6) is 7.61. The Balaban J connectivity index is 1.38. The van der Waals surface area contributed by atoms with Gasteiger partial charge in [0.25, 0.3) is 0 Å². The van der Waals surface area contributed by atoms with Gasteiger partial charge in [-0.3, -0.25) is 10.3 Å². The Hall–Kier alpha value is -2.59. The van der Waals surface area contributed by atoms with Crippen molar-refractivity contribution in [2.75, 3.05) is 11.9 Å². The Labute approximate surface area is 159 Å². The van der Waals surface area contributed by atoms with Crippen molar-refractivity contribution < 1.29 is 4.79 Å². The van der Waals surface area contributed by atoms with Gasteiger partial charge in [0.15, 0.2) is 0 Å². The summed E-state index contributed by atoms with van der Waals surface area (Å²) in [5.41, 5.74) is 8.89. The zero-order valence-electron chi connectivity index (χ0n) is 15.6. The van der Waals surface area contributed by atoms with E-state index in [1.54, 1.807) is 0 Å². The Bertz CT molecular complexity index is 842. The van der Waals surface area contributed by atoms with Crippen molar-refractivity contribution in [1.29, 1.82) is 0 Å². The lowest BCUT2D eigenvalue weighted by molar-refractivity contribution is 0.252. The van der Waals surface area contributed by atoms with Crippen LogP contribution in [0, 0.1) is 23.7 Å². The topological polar surface area (TPSA) is 108 Å². The second-order valence-corrected chi connectivity index (χ2v) is 7.54. The van der Waals surface area contributed by atoms with E-state index in [9.17, 15) is 4.79 Å². The highest BCUT2D eigenvalue weighted by Gasteiger charge is 2.30. The molecule has 0 spiro atoms. The molecule has 0 saturated heterocycles. The summed E-state index contributed by atoms with van der Waals surface area (Å²) < 4.78 is 0. The molecule has 4 atom stereocenters. The molecule has 27 heavy (non-hydrogen) atoms. The zero-order valence-corrected chi connectivity index (χ0v) is 15.6. The molecule has 1 aromatic rings. The molecule has 5 N–H and O–H groups in total. The van der Waals surface area contributed by atoms with E-state index in [1.165, 1.54) is 12.0 Å². The molecule has 1 aromatic heterocycles. The summed E-state index contributed by atoms with van der Waals surface area (Å²) in [7, 11) is 0. The van der Waals surface area contributed by atoms with Crippen LogP contribution >= 0.6 is 0 Å². The van der Waals surface area contributed by atoms with Gasteiger partial charge in [-0.15, -0.1) is 0 Å². The summed E-state index contributed by atoms with van der Waals surface area (Å²) >= 11 is 0. The van der Waals surface area contributed by atoms with Gasteiger partial charge in [-0.1, -0.05) is 12.0 Å². The fourth-order valence-electron chi connectivity index (χ4n) is 4.14. The average Bonchev–Trinajstić information content (AvgIpc) is 3.27. The fraction of sp³-hybridized carbons (Fsp3) is 0.550. The van der Waals surface area contributed by atoms with Crippen molar-refractivity contribution >= 4 is 18.2 Å². The number of nitrogens with two attached hydrogens (primary N) is 1. The van der Waals surface area contributed by atoms with Gasteiger partial charge >= 0.3 is 6.03 Å². The van der Waals surface area contributed by atoms with Crippen molar-refractivity contribution in [3.63, 3.8) is 0 Å². The molecule has 2 amide bonds. The summed E-state index contributed by atoms with van der Waals surface area (Å²) in [4.78, 5) is 24.0. The predicted molar refractivity (Wildman–Crippen MR) is 106 cm³/mol. The quantitative estimate of drug-likeness (QED) is 0.612. The van der Waals surface area contributed by atoms with Gasteiger partial charge in [-0.05, 0) is 50.0 Å². The third-order valence-electron chi connectivity index (χ3n) is 5.59. The number of nitrogens with zero attached hydrogens (tertiary/aromatic N) is 2. The van der Waals surface area contributed by atoms with Crippen molar-refractivity contribution in [1.82, 2.24) is 15.3 Å². The van der Waals surface area contributed by atoms with Crippen LogP contribution in [0.5, 0.6) is 0 Å². The van der Waals surface area contributed by atoms with Gasteiger partial charge in [0.05, 0.1) is 17.7 Å². The van der Waals surface area contributed by atoms with Crippen LogP contribution < -0.4 is 16.4 Å². The van der Waals surface area contributed by atoms with Crippen LogP contribution in [0.15, 0.2) is 16.6 Å². The lowest BCUT2D eigenvalue weighted by Gasteiger charge is -2.24. The van der Waals surface area contributed by atoms with Crippen LogP contribution in [0.4, 0.5) is 10.7 Å². The molecular weight excluding hydrogens is 340 g/mol. The molecule has 1 saturated carbocycles. The maximum atomic E-state index is 11.6. The number of nitrogens with one attached hydrogen (secondary N) is 3. The number of allylic oxidation sites excluding steroid dienone is 1. The molecule has 4 unspecified atom stereocenters. The molecule has 3 aliphatic rings. The molecule has 7 nitrogen and oxygen atoms in total. The van der Waals surface area contributed by atoms with E-state index in [0.29, 0.717) is 30.5 Å². The summed E-state index contributed by atoms with van der Waals surface area (Å²) in [6.07, 6.45) is 9.39. The minimum atomic E-state index is -0.270. The highest BCUT2D eigenvalue weighted by Crippen LogP contribution is 2.33. The van der Waals surface area contributed by atoms with Gasteiger partial charge in [0, 0.05) is 25.2 Å². The SMILES string of the molecule is CCNC(=O)Nc1nc2c([nH]1)C#CC(C1=CCC(C3CCC(N)C3)N=C1)C2. The van der Waals surface area contributed by atoms with Gasteiger partial charge in [0.2, 0.25) is 5.95 Å². The standard InChI is InChI=1S/C20H26N6O/c1-2-22-20(27)26-19-24-17-8-4-12(10-18(17)25-19)14-5-7-16(23-11-14)13-3-6-15(21)9-13/h5,11-13,15-16H,2-3,6-7,9-10,21H2,1H3,(H3,22,24,25,26,27). The molecule has 1 fully saturated rings. The zero-order chi connectivity index (χ0) is 18.8. The van der Waals surface area contributed by atoms with E-state index < -0.39 is 0 Å². The van der Waals surface area contributed by atoms with Crippen LogP contribution in [-0.4, -0.2) is 40.8 Å². The minimum Gasteiger partial charge on any atom is -0.338 e. The normalized spacial score (nSPS) is 28.7. The number of H-pyrrole nitrogens is 1. The number of rotatable bonds is 4. The van der Waals surface area contributed by atoms with Crippen LogP contribution in [0.1, 0.15) is 44.0 Å². The molecule has 0 aromatic carbocycles. The minimum absolute atomic E-state index is 0.105. The third-order valence-corrected chi connectivity index (χ3v) is 5.59. The average molecular weight is 366 g/mol.